The Morgan fingerprint density at radius 3 is 2.16 bits per heavy atom. The monoisotopic (exact) mass is 334 g/mol. The predicted molar refractivity (Wildman–Crippen MR) is 64.5 cm³/mol. The lowest BCUT2D eigenvalue weighted by Gasteiger charge is -2.14. The maximum absolute atomic E-state index is 13.3. The summed E-state index contributed by atoms with van der Waals surface area (Å²) in [6.45, 7) is 0. The first-order valence-electron chi connectivity index (χ1n) is 5.18. The van der Waals surface area contributed by atoms with E-state index in [1.807, 2.05) is 0 Å². The van der Waals surface area contributed by atoms with Crippen LogP contribution in [0.1, 0.15) is 17.2 Å². The second-order valence-electron chi connectivity index (χ2n) is 3.84. The van der Waals surface area contributed by atoms with Crippen molar-refractivity contribution >= 4 is 15.9 Å². The van der Waals surface area contributed by atoms with Crippen LogP contribution >= 0.6 is 15.9 Å². The number of aliphatic hydroxyl groups excluding tert-OH is 1. The van der Waals surface area contributed by atoms with Crippen molar-refractivity contribution in [3.8, 4) is 0 Å². The van der Waals surface area contributed by atoms with E-state index in [0.717, 1.165) is 30.3 Å². The lowest BCUT2D eigenvalue weighted by atomic mass is 10.0. The Hall–Kier alpha value is -1.40. The molecule has 2 rings (SSSR count). The highest BCUT2D eigenvalue weighted by atomic mass is 79.9. The number of benzene rings is 2. The minimum Gasteiger partial charge on any atom is -0.384 e. The zero-order valence-electron chi connectivity index (χ0n) is 9.30. The molecule has 0 aliphatic rings. The summed E-state index contributed by atoms with van der Waals surface area (Å²) in [6, 6.07) is 4.82. The van der Waals surface area contributed by atoms with Crippen LogP contribution in [-0.4, -0.2) is 5.11 Å². The van der Waals surface area contributed by atoms with Gasteiger partial charge in [-0.15, -0.1) is 0 Å². The van der Waals surface area contributed by atoms with Crippen LogP contribution in [0.3, 0.4) is 0 Å². The van der Waals surface area contributed by atoms with Gasteiger partial charge in [0.1, 0.15) is 6.10 Å². The zero-order chi connectivity index (χ0) is 14.2. The Labute approximate surface area is 114 Å². The molecule has 100 valence electrons. The zero-order valence-corrected chi connectivity index (χ0v) is 10.9. The quantitative estimate of drug-likeness (QED) is 0.648. The van der Waals surface area contributed by atoms with E-state index in [1.54, 1.807) is 0 Å². The largest absolute Gasteiger partial charge is 0.384 e. The standard InChI is InChI=1S/C13H7BrF4O/c14-11-7(2-4-9(16)12(11)18)13(19)6-1-3-8(15)10(17)5-6/h1-5,13,19H. The molecule has 6 heteroatoms. The Balaban J connectivity index is 2.47. The van der Waals surface area contributed by atoms with Crippen molar-refractivity contribution in [2.24, 2.45) is 0 Å². The third kappa shape index (κ3) is 2.64. The minimum atomic E-state index is -1.40. The van der Waals surface area contributed by atoms with Gasteiger partial charge in [-0.3, -0.25) is 0 Å². The smallest absolute Gasteiger partial charge is 0.173 e. The minimum absolute atomic E-state index is 0.0184. The molecule has 0 bridgehead atoms. The molecule has 0 aliphatic carbocycles. The lowest BCUT2D eigenvalue weighted by molar-refractivity contribution is 0.217. The van der Waals surface area contributed by atoms with Gasteiger partial charge in [0, 0.05) is 5.56 Å². The fraction of sp³-hybridized carbons (Fsp3) is 0.0769. The van der Waals surface area contributed by atoms with Crippen LogP contribution in [0.4, 0.5) is 17.6 Å². The van der Waals surface area contributed by atoms with E-state index in [2.05, 4.69) is 15.9 Å². The number of rotatable bonds is 2. The van der Waals surface area contributed by atoms with E-state index >= 15 is 0 Å². The van der Waals surface area contributed by atoms with E-state index in [-0.39, 0.29) is 15.6 Å². The first-order chi connectivity index (χ1) is 8.91. The molecule has 0 amide bonds. The highest BCUT2D eigenvalue weighted by Crippen LogP contribution is 2.31. The van der Waals surface area contributed by atoms with Crippen molar-refractivity contribution in [1.82, 2.24) is 0 Å². The second-order valence-corrected chi connectivity index (χ2v) is 4.63. The van der Waals surface area contributed by atoms with E-state index in [1.165, 1.54) is 0 Å². The molecule has 1 nitrogen and oxygen atoms in total. The summed E-state index contributed by atoms with van der Waals surface area (Å²) >= 11 is 2.82. The Bertz CT molecular complexity index is 630. The molecule has 0 saturated heterocycles. The van der Waals surface area contributed by atoms with Crippen LogP contribution in [0, 0.1) is 23.3 Å². The summed E-state index contributed by atoms with van der Waals surface area (Å²) in [7, 11) is 0. The summed E-state index contributed by atoms with van der Waals surface area (Å²) in [5.41, 5.74) is 0.0514. The maximum atomic E-state index is 13.3. The van der Waals surface area contributed by atoms with Crippen LogP contribution in [0.25, 0.3) is 0 Å². The molecule has 0 aromatic heterocycles. The van der Waals surface area contributed by atoms with Gasteiger partial charge in [-0.1, -0.05) is 12.1 Å². The van der Waals surface area contributed by atoms with Gasteiger partial charge >= 0.3 is 0 Å². The molecular weight excluding hydrogens is 328 g/mol. The van der Waals surface area contributed by atoms with Crippen molar-refractivity contribution < 1.29 is 22.7 Å². The predicted octanol–water partition coefficient (Wildman–Crippen LogP) is 4.09. The van der Waals surface area contributed by atoms with Gasteiger partial charge in [0.15, 0.2) is 23.3 Å². The van der Waals surface area contributed by atoms with Crippen molar-refractivity contribution in [2.75, 3.05) is 0 Å². The summed E-state index contributed by atoms with van der Waals surface area (Å²) < 4.78 is 51.9. The third-order valence-corrected chi connectivity index (χ3v) is 3.42. The third-order valence-electron chi connectivity index (χ3n) is 2.62. The molecule has 0 aliphatic heterocycles. The van der Waals surface area contributed by atoms with E-state index in [0.29, 0.717) is 0 Å². The van der Waals surface area contributed by atoms with E-state index in [4.69, 9.17) is 0 Å². The fourth-order valence-corrected chi connectivity index (χ4v) is 2.15. The molecule has 2 aromatic rings. The van der Waals surface area contributed by atoms with Crippen LogP contribution in [0.5, 0.6) is 0 Å². The molecule has 0 spiro atoms. The van der Waals surface area contributed by atoms with Gasteiger partial charge in [0.2, 0.25) is 0 Å². The van der Waals surface area contributed by atoms with Gasteiger partial charge in [0.05, 0.1) is 4.47 Å². The molecule has 0 saturated carbocycles. The van der Waals surface area contributed by atoms with Crippen molar-refractivity contribution in [1.29, 1.82) is 0 Å². The average molecular weight is 335 g/mol. The first kappa shape index (κ1) is 14.0. The second kappa shape index (κ2) is 5.30. The van der Waals surface area contributed by atoms with Gasteiger partial charge in [-0.2, -0.15) is 0 Å². The average Bonchev–Trinajstić information content (AvgIpc) is 2.39. The van der Waals surface area contributed by atoms with E-state index in [9.17, 15) is 22.7 Å². The van der Waals surface area contributed by atoms with Crippen molar-refractivity contribution in [3.05, 3.63) is 69.2 Å². The fourth-order valence-electron chi connectivity index (χ4n) is 1.61. The van der Waals surface area contributed by atoms with Gasteiger partial charge in [-0.25, -0.2) is 17.6 Å². The van der Waals surface area contributed by atoms with Gasteiger partial charge < -0.3 is 5.11 Å². The molecule has 0 heterocycles. The normalized spacial score (nSPS) is 12.5. The number of aliphatic hydroxyl groups is 1. The summed E-state index contributed by atoms with van der Waals surface area (Å²) in [5.74, 6) is -4.41. The molecule has 1 atom stereocenters. The Morgan fingerprint density at radius 1 is 0.895 bits per heavy atom. The summed E-state index contributed by atoms with van der Waals surface area (Å²) in [5, 5.41) is 10.00. The molecule has 1 N–H and O–H groups in total. The van der Waals surface area contributed by atoms with Crippen molar-refractivity contribution in [3.63, 3.8) is 0 Å². The highest BCUT2D eigenvalue weighted by Gasteiger charge is 2.19. The SMILES string of the molecule is OC(c1ccc(F)c(F)c1)c1ccc(F)c(F)c1Br. The molecule has 0 fully saturated rings. The maximum Gasteiger partial charge on any atom is 0.173 e. The molecule has 19 heavy (non-hydrogen) atoms. The number of hydrogen-bond donors (Lipinski definition) is 1. The number of hydrogen-bond acceptors (Lipinski definition) is 1. The topological polar surface area (TPSA) is 20.2 Å². The van der Waals surface area contributed by atoms with Gasteiger partial charge in [0.25, 0.3) is 0 Å². The van der Waals surface area contributed by atoms with Crippen LogP contribution in [0.15, 0.2) is 34.8 Å². The molecule has 2 aromatic carbocycles. The van der Waals surface area contributed by atoms with Crippen LogP contribution in [0.2, 0.25) is 0 Å². The summed E-state index contributed by atoms with van der Waals surface area (Å²) in [4.78, 5) is 0. The lowest BCUT2D eigenvalue weighted by Crippen LogP contribution is -2.04. The molecular formula is C13H7BrF4O. The molecule has 0 radical (unpaired) electrons. The Kier molecular flexibility index (Phi) is 3.91. The van der Waals surface area contributed by atoms with Crippen LogP contribution in [-0.2, 0) is 0 Å². The van der Waals surface area contributed by atoms with Crippen LogP contribution < -0.4 is 0 Å². The van der Waals surface area contributed by atoms with E-state index < -0.39 is 29.4 Å². The molecule has 1 unspecified atom stereocenters. The van der Waals surface area contributed by atoms with Crippen molar-refractivity contribution in [2.45, 2.75) is 6.10 Å². The summed E-state index contributed by atoms with van der Waals surface area (Å²) in [6.07, 6.45) is -1.40. The highest BCUT2D eigenvalue weighted by molar-refractivity contribution is 9.10. The first-order valence-corrected chi connectivity index (χ1v) is 5.97. The Morgan fingerprint density at radius 2 is 1.53 bits per heavy atom. The van der Waals surface area contributed by atoms with Gasteiger partial charge in [-0.05, 0) is 39.7 Å². The number of halogens is 5.